The second-order valence-electron chi connectivity index (χ2n) is 8.99. The zero-order valence-corrected chi connectivity index (χ0v) is 20.1. The predicted molar refractivity (Wildman–Crippen MR) is 127 cm³/mol. The predicted octanol–water partition coefficient (Wildman–Crippen LogP) is 6.13. The van der Waals surface area contributed by atoms with Crippen LogP contribution in [0.4, 0.5) is 10.3 Å². The molecule has 0 amide bonds. The van der Waals surface area contributed by atoms with E-state index in [1.54, 1.807) is 6.07 Å². The fourth-order valence-corrected chi connectivity index (χ4v) is 5.41. The van der Waals surface area contributed by atoms with Crippen molar-refractivity contribution in [1.82, 2.24) is 14.8 Å². The molecule has 0 unspecified atom stereocenters. The molecule has 0 spiro atoms. The number of fused-ring (bicyclic) bond motifs is 1. The highest BCUT2D eigenvalue weighted by atomic mass is 79.9. The molecule has 0 saturated carbocycles. The first-order valence-electron chi connectivity index (χ1n) is 10.4. The second kappa shape index (κ2) is 8.15. The van der Waals surface area contributed by atoms with E-state index in [9.17, 15) is 9.18 Å². The summed E-state index contributed by atoms with van der Waals surface area (Å²) >= 11 is 4.94. The molecule has 32 heavy (non-hydrogen) atoms. The Hall–Kier alpha value is -2.45. The number of nitrogens with one attached hydrogen (secondary N) is 1. The van der Waals surface area contributed by atoms with Crippen LogP contribution < -0.4 is 5.32 Å². The number of anilines is 1. The number of ketones is 1. The SMILES string of the molecule is CC1(C)CC(=O)C2=C(C1)Nc1nc(SCc3cccc(F)c3)nn1[C@H]2c1ccc(Br)cc1. The molecule has 1 aliphatic carbocycles. The summed E-state index contributed by atoms with van der Waals surface area (Å²) < 4.78 is 16.3. The number of allylic oxidation sites excluding steroid dienone is 2. The van der Waals surface area contributed by atoms with Gasteiger partial charge in [0.25, 0.3) is 0 Å². The van der Waals surface area contributed by atoms with Crippen molar-refractivity contribution in [3.8, 4) is 0 Å². The molecule has 0 bridgehead atoms. The van der Waals surface area contributed by atoms with E-state index in [0.29, 0.717) is 23.3 Å². The Morgan fingerprint density at radius 3 is 2.75 bits per heavy atom. The van der Waals surface area contributed by atoms with Gasteiger partial charge in [-0.15, -0.1) is 5.10 Å². The minimum absolute atomic E-state index is 0.107. The van der Waals surface area contributed by atoms with Crippen LogP contribution in [0, 0.1) is 11.2 Å². The highest BCUT2D eigenvalue weighted by molar-refractivity contribution is 9.10. The van der Waals surface area contributed by atoms with Gasteiger partial charge in [-0.25, -0.2) is 9.07 Å². The van der Waals surface area contributed by atoms with E-state index in [1.807, 2.05) is 35.0 Å². The number of hydrogen-bond donors (Lipinski definition) is 1. The van der Waals surface area contributed by atoms with Gasteiger partial charge in [0.05, 0.1) is 0 Å². The molecule has 2 aliphatic rings. The monoisotopic (exact) mass is 512 g/mol. The van der Waals surface area contributed by atoms with Gasteiger partial charge < -0.3 is 5.32 Å². The average Bonchev–Trinajstić information content (AvgIpc) is 3.13. The molecule has 1 atom stereocenters. The number of Topliss-reactive ketones (excluding diaryl/α,β-unsaturated/α-hetero) is 1. The number of aromatic nitrogens is 3. The molecule has 1 N–H and O–H groups in total. The fourth-order valence-electron chi connectivity index (χ4n) is 4.38. The molecule has 5 rings (SSSR count). The van der Waals surface area contributed by atoms with Crippen molar-refractivity contribution in [3.05, 3.63) is 81.2 Å². The van der Waals surface area contributed by atoms with E-state index in [1.165, 1.54) is 23.9 Å². The average molecular weight is 513 g/mol. The molecule has 2 heterocycles. The summed E-state index contributed by atoms with van der Waals surface area (Å²) in [6, 6.07) is 14.2. The maximum Gasteiger partial charge on any atom is 0.227 e. The molecule has 5 nitrogen and oxygen atoms in total. The van der Waals surface area contributed by atoms with Crippen molar-refractivity contribution >= 4 is 39.4 Å². The van der Waals surface area contributed by atoms with Gasteiger partial charge in [0.1, 0.15) is 11.9 Å². The molecule has 1 aromatic heterocycles. The van der Waals surface area contributed by atoms with Crippen molar-refractivity contribution < 1.29 is 9.18 Å². The summed E-state index contributed by atoms with van der Waals surface area (Å²) in [5, 5.41) is 8.72. The molecule has 164 valence electrons. The molecular weight excluding hydrogens is 491 g/mol. The van der Waals surface area contributed by atoms with Crippen LogP contribution in [-0.2, 0) is 10.5 Å². The lowest BCUT2D eigenvalue weighted by Gasteiger charge is -2.38. The third-order valence-corrected chi connectivity index (χ3v) is 7.19. The molecule has 0 fully saturated rings. The molecule has 8 heteroatoms. The number of thioether (sulfide) groups is 1. The fraction of sp³-hybridized carbons (Fsp3) is 0.292. The Balaban J connectivity index is 1.52. The van der Waals surface area contributed by atoms with Crippen LogP contribution >= 0.6 is 27.7 Å². The summed E-state index contributed by atoms with van der Waals surface area (Å²) in [5.74, 6) is 1.08. The largest absolute Gasteiger partial charge is 0.328 e. The van der Waals surface area contributed by atoms with E-state index >= 15 is 0 Å². The summed E-state index contributed by atoms with van der Waals surface area (Å²) in [5.41, 5.74) is 3.45. The van der Waals surface area contributed by atoms with E-state index in [0.717, 1.165) is 33.3 Å². The maximum atomic E-state index is 13.5. The molecule has 0 radical (unpaired) electrons. The lowest BCUT2D eigenvalue weighted by molar-refractivity contribution is -0.118. The summed E-state index contributed by atoms with van der Waals surface area (Å²) in [6.07, 6.45) is 1.28. The van der Waals surface area contributed by atoms with Gasteiger partial charge in [-0.3, -0.25) is 4.79 Å². The zero-order chi connectivity index (χ0) is 22.5. The van der Waals surface area contributed by atoms with Gasteiger partial charge in [0.15, 0.2) is 5.78 Å². The van der Waals surface area contributed by atoms with E-state index < -0.39 is 0 Å². The highest BCUT2D eigenvalue weighted by Crippen LogP contribution is 2.45. The second-order valence-corrected chi connectivity index (χ2v) is 10.9. The Morgan fingerprint density at radius 2 is 2.00 bits per heavy atom. The van der Waals surface area contributed by atoms with Crippen LogP contribution in [0.5, 0.6) is 0 Å². The number of rotatable bonds is 4. The lowest BCUT2D eigenvalue weighted by Crippen LogP contribution is -2.36. The Kier molecular flexibility index (Phi) is 5.45. The summed E-state index contributed by atoms with van der Waals surface area (Å²) in [7, 11) is 0. The number of carbonyl (C=O) groups is 1. The van der Waals surface area contributed by atoms with Crippen molar-refractivity contribution in [2.24, 2.45) is 5.41 Å². The smallest absolute Gasteiger partial charge is 0.227 e. The Labute approximate surface area is 198 Å². The van der Waals surface area contributed by atoms with Crippen molar-refractivity contribution in [2.45, 2.75) is 43.6 Å². The first kappa shape index (κ1) is 21.4. The Bertz CT molecular complexity index is 1240. The third-order valence-electron chi connectivity index (χ3n) is 5.76. The number of benzene rings is 2. The van der Waals surface area contributed by atoms with Crippen molar-refractivity contribution in [2.75, 3.05) is 5.32 Å². The molecular formula is C24H22BrFN4OS. The summed E-state index contributed by atoms with van der Waals surface area (Å²) in [6.45, 7) is 4.23. The quantitative estimate of drug-likeness (QED) is 0.426. The van der Waals surface area contributed by atoms with Gasteiger partial charge in [0, 0.05) is 27.9 Å². The number of hydrogen-bond acceptors (Lipinski definition) is 5. The van der Waals surface area contributed by atoms with Gasteiger partial charge in [-0.1, -0.05) is 65.8 Å². The highest BCUT2D eigenvalue weighted by Gasteiger charge is 2.41. The minimum atomic E-state index is -0.325. The Morgan fingerprint density at radius 1 is 1.22 bits per heavy atom. The van der Waals surface area contributed by atoms with Crippen LogP contribution in [0.3, 0.4) is 0 Å². The molecule has 0 saturated heterocycles. The van der Waals surface area contributed by atoms with Crippen molar-refractivity contribution in [3.63, 3.8) is 0 Å². The van der Waals surface area contributed by atoms with Gasteiger partial charge in [-0.05, 0) is 47.2 Å². The van der Waals surface area contributed by atoms with Crippen LogP contribution in [0.15, 0.2) is 69.4 Å². The van der Waals surface area contributed by atoms with Gasteiger partial charge in [-0.2, -0.15) is 4.98 Å². The number of halogens is 2. The molecule has 1 aliphatic heterocycles. The van der Waals surface area contributed by atoms with Gasteiger partial charge in [0.2, 0.25) is 11.1 Å². The van der Waals surface area contributed by atoms with Crippen LogP contribution in [0.2, 0.25) is 0 Å². The maximum absolute atomic E-state index is 13.5. The minimum Gasteiger partial charge on any atom is -0.328 e. The topological polar surface area (TPSA) is 59.8 Å². The molecule has 2 aromatic carbocycles. The van der Waals surface area contributed by atoms with Crippen LogP contribution in [0.25, 0.3) is 0 Å². The van der Waals surface area contributed by atoms with E-state index in [2.05, 4.69) is 35.1 Å². The lowest BCUT2D eigenvalue weighted by atomic mass is 9.73. The number of carbonyl (C=O) groups excluding carboxylic acids is 1. The number of nitrogens with zero attached hydrogens (tertiary/aromatic N) is 3. The first-order chi connectivity index (χ1) is 15.3. The third kappa shape index (κ3) is 4.13. The van der Waals surface area contributed by atoms with Crippen LogP contribution in [-0.4, -0.2) is 20.5 Å². The van der Waals surface area contributed by atoms with Crippen LogP contribution in [0.1, 0.15) is 43.9 Å². The normalized spacial score (nSPS) is 19.4. The summed E-state index contributed by atoms with van der Waals surface area (Å²) in [4.78, 5) is 17.9. The van der Waals surface area contributed by atoms with E-state index in [4.69, 9.17) is 10.1 Å². The van der Waals surface area contributed by atoms with Crippen molar-refractivity contribution in [1.29, 1.82) is 0 Å². The molecule has 3 aromatic rings. The first-order valence-corrected chi connectivity index (χ1v) is 12.2. The van der Waals surface area contributed by atoms with Gasteiger partial charge >= 0.3 is 0 Å². The standard InChI is InChI=1S/C24H22BrFN4OS/c1-24(2)11-18-20(19(31)12-24)21(15-6-8-16(25)9-7-15)30-22(27-18)28-23(29-30)32-13-14-4-3-5-17(26)10-14/h3-10,21H,11-13H2,1-2H3,(H,27,28,29)/t21-/m0/s1. The van der Waals surface area contributed by atoms with E-state index in [-0.39, 0.29) is 23.1 Å². The zero-order valence-electron chi connectivity index (χ0n) is 17.7.